The van der Waals surface area contributed by atoms with Crippen LogP contribution in [0.1, 0.15) is 13.3 Å². The van der Waals surface area contributed by atoms with Crippen LogP contribution in [0, 0.1) is 5.92 Å². The highest BCUT2D eigenvalue weighted by Crippen LogP contribution is 2.07. The molecule has 1 rings (SSSR count). The molecule has 4 heteroatoms. The summed E-state index contributed by atoms with van der Waals surface area (Å²) >= 11 is 0. The molecule has 1 amide bonds. The van der Waals surface area contributed by atoms with E-state index in [1.807, 2.05) is 6.92 Å². The van der Waals surface area contributed by atoms with Crippen LogP contribution >= 0.6 is 0 Å². The Kier molecular flexibility index (Phi) is 2.96. The summed E-state index contributed by atoms with van der Waals surface area (Å²) in [5, 5.41) is 5.92. The maximum absolute atomic E-state index is 10.8. The largest absolute Gasteiger partial charge is 0.403 e. The fourth-order valence-corrected chi connectivity index (χ4v) is 1.17. The van der Waals surface area contributed by atoms with Gasteiger partial charge < -0.3 is 16.4 Å². The first kappa shape index (κ1) is 8.90. The molecule has 0 bridgehead atoms. The molecule has 0 spiro atoms. The van der Waals surface area contributed by atoms with Crippen molar-refractivity contribution >= 4 is 5.91 Å². The minimum absolute atomic E-state index is 0.149. The molecule has 1 atom stereocenters. The van der Waals surface area contributed by atoms with E-state index in [9.17, 15) is 4.79 Å². The van der Waals surface area contributed by atoms with Gasteiger partial charge in [-0.2, -0.15) is 0 Å². The molecule has 1 unspecified atom stereocenters. The lowest BCUT2D eigenvalue weighted by atomic mass is 10.1. The number of amides is 1. The summed E-state index contributed by atoms with van der Waals surface area (Å²) in [5.74, 6) is 0.559. The highest BCUT2D eigenvalue weighted by molar-refractivity contribution is 5.78. The first-order valence-corrected chi connectivity index (χ1v) is 4.11. The highest BCUT2D eigenvalue weighted by atomic mass is 16.1. The predicted molar refractivity (Wildman–Crippen MR) is 47.1 cm³/mol. The van der Waals surface area contributed by atoms with Gasteiger partial charge in [-0.05, 0) is 6.92 Å². The van der Waals surface area contributed by atoms with Crippen LogP contribution in [0.25, 0.3) is 0 Å². The zero-order valence-corrected chi connectivity index (χ0v) is 7.26. The van der Waals surface area contributed by atoms with Gasteiger partial charge in [0.2, 0.25) is 5.91 Å². The monoisotopic (exact) mass is 169 g/mol. The smallest absolute Gasteiger partial charge is 0.220 e. The SMILES string of the molecule is C/C(=C/N)NCC1CNC(=O)C1. The van der Waals surface area contributed by atoms with Gasteiger partial charge in [0.1, 0.15) is 0 Å². The average molecular weight is 169 g/mol. The van der Waals surface area contributed by atoms with E-state index in [4.69, 9.17) is 5.73 Å². The lowest BCUT2D eigenvalue weighted by molar-refractivity contribution is -0.119. The third-order valence-electron chi connectivity index (χ3n) is 1.98. The van der Waals surface area contributed by atoms with Crippen LogP contribution in [0.15, 0.2) is 11.9 Å². The molecule has 0 aliphatic carbocycles. The molecule has 0 aromatic rings. The molecule has 4 nitrogen and oxygen atoms in total. The Bertz CT molecular complexity index is 200. The van der Waals surface area contributed by atoms with Gasteiger partial charge in [0.05, 0.1) is 0 Å². The Morgan fingerprint density at radius 2 is 2.67 bits per heavy atom. The quantitative estimate of drug-likeness (QED) is 0.535. The molecule has 0 aromatic heterocycles. The summed E-state index contributed by atoms with van der Waals surface area (Å²) in [6.07, 6.45) is 2.16. The van der Waals surface area contributed by atoms with Crippen LogP contribution in [0.2, 0.25) is 0 Å². The maximum Gasteiger partial charge on any atom is 0.220 e. The van der Waals surface area contributed by atoms with E-state index in [1.54, 1.807) is 0 Å². The van der Waals surface area contributed by atoms with E-state index >= 15 is 0 Å². The van der Waals surface area contributed by atoms with E-state index in [-0.39, 0.29) is 5.91 Å². The molecule has 0 aromatic carbocycles. The van der Waals surface area contributed by atoms with Crippen molar-refractivity contribution in [3.63, 3.8) is 0 Å². The van der Waals surface area contributed by atoms with E-state index < -0.39 is 0 Å². The maximum atomic E-state index is 10.8. The minimum atomic E-state index is 0.149. The lowest BCUT2D eigenvalue weighted by Gasteiger charge is -2.09. The molecular formula is C8H15N3O. The molecule has 1 fully saturated rings. The van der Waals surface area contributed by atoms with Gasteiger partial charge in [-0.3, -0.25) is 4.79 Å². The number of nitrogens with one attached hydrogen (secondary N) is 2. The summed E-state index contributed by atoms with van der Waals surface area (Å²) in [5.41, 5.74) is 6.23. The van der Waals surface area contributed by atoms with E-state index in [0.29, 0.717) is 12.3 Å². The Labute approximate surface area is 72.2 Å². The van der Waals surface area contributed by atoms with Crippen LogP contribution in [-0.4, -0.2) is 19.0 Å². The normalized spacial score (nSPS) is 23.9. The van der Waals surface area contributed by atoms with Gasteiger partial charge in [-0.25, -0.2) is 0 Å². The number of nitrogens with two attached hydrogens (primary N) is 1. The second kappa shape index (κ2) is 3.99. The Morgan fingerprint density at radius 3 is 3.17 bits per heavy atom. The molecule has 1 saturated heterocycles. The fraction of sp³-hybridized carbons (Fsp3) is 0.625. The van der Waals surface area contributed by atoms with Crippen molar-refractivity contribution in [3.05, 3.63) is 11.9 Å². The molecule has 0 radical (unpaired) electrons. The molecule has 0 saturated carbocycles. The first-order valence-electron chi connectivity index (χ1n) is 4.11. The number of allylic oxidation sites excluding steroid dienone is 1. The van der Waals surface area contributed by atoms with Crippen LogP contribution in [0.4, 0.5) is 0 Å². The molecule has 68 valence electrons. The van der Waals surface area contributed by atoms with Crippen molar-refractivity contribution in [2.24, 2.45) is 11.7 Å². The number of rotatable bonds is 3. The molecule has 1 heterocycles. The van der Waals surface area contributed by atoms with Gasteiger partial charge in [0.25, 0.3) is 0 Å². The Hall–Kier alpha value is -1.19. The van der Waals surface area contributed by atoms with Gasteiger partial charge in [0, 0.05) is 37.3 Å². The zero-order valence-electron chi connectivity index (χ0n) is 7.26. The highest BCUT2D eigenvalue weighted by Gasteiger charge is 2.20. The van der Waals surface area contributed by atoms with Crippen LogP contribution in [0.5, 0.6) is 0 Å². The number of hydrogen-bond acceptors (Lipinski definition) is 3. The lowest BCUT2D eigenvalue weighted by Crippen LogP contribution is -2.23. The third-order valence-corrected chi connectivity index (χ3v) is 1.98. The van der Waals surface area contributed by atoms with Crippen molar-refractivity contribution in [2.45, 2.75) is 13.3 Å². The van der Waals surface area contributed by atoms with Crippen LogP contribution in [-0.2, 0) is 4.79 Å². The summed E-state index contributed by atoms with van der Waals surface area (Å²) in [6, 6.07) is 0. The average Bonchev–Trinajstić information content (AvgIpc) is 2.47. The molecule has 12 heavy (non-hydrogen) atoms. The predicted octanol–water partition coefficient (Wildman–Crippen LogP) is -0.468. The Morgan fingerprint density at radius 1 is 1.92 bits per heavy atom. The Balaban J connectivity index is 2.20. The molecule has 1 aliphatic rings. The number of carbonyl (C=O) groups is 1. The first-order chi connectivity index (χ1) is 5.72. The van der Waals surface area contributed by atoms with Crippen molar-refractivity contribution in [2.75, 3.05) is 13.1 Å². The van der Waals surface area contributed by atoms with Gasteiger partial charge in [-0.1, -0.05) is 0 Å². The van der Waals surface area contributed by atoms with E-state index in [0.717, 1.165) is 18.8 Å². The second-order valence-corrected chi connectivity index (χ2v) is 3.10. The second-order valence-electron chi connectivity index (χ2n) is 3.10. The standard InChI is InChI=1S/C8H15N3O/c1-6(3-9)10-4-7-2-8(12)11-5-7/h3,7,10H,2,4-5,9H2,1H3,(H,11,12)/b6-3-. The zero-order chi connectivity index (χ0) is 8.97. The van der Waals surface area contributed by atoms with Crippen molar-refractivity contribution in [1.29, 1.82) is 0 Å². The van der Waals surface area contributed by atoms with Crippen molar-refractivity contribution in [1.82, 2.24) is 10.6 Å². The summed E-state index contributed by atoms with van der Waals surface area (Å²) in [4.78, 5) is 10.8. The van der Waals surface area contributed by atoms with Crippen LogP contribution in [0.3, 0.4) is 0 Å². The van der Waals surface area contributed by atoms with E-state index in [1.165, 1.54) is 6.20 Å². The molecule has 1 aliphatic heterocycles. The topological polar surface area (TPSA) is 67.2 Å². The van der Waals surface area contributed by atoms with Gasteiger partial charge >= 0.3 is 0 Å². The number of carbonyl (C=O) groups excluding carboxylic acids is 1. The molecule has 4 N–H and O–H groups in total. The van der Waals surface area contributed by atoms with Crippen LogP contribution < -0.4 is 16.4 Å². The van der Waals surface area contributed by atoms with Gasteiger partial charge in [0.15, 0.2) is 0 Å². The minimum Gasteiger partial charge on any atom is -0.403 e. The summed E-state index contributed by atoms with van der Waals surface area (Å²) in [6.45, 7) is 3.51. The van der Waals surface area contributed by atoms with Gasteiger partial charge in [-0.15, -0.1) is 0 Å². The van der Waals surface area contributed by atoms with E-state index in [2.05, 4.69) is 10.6 Å². The summed E-state index contributed by atoms with van der Waals surface area (Å²) in [7, 11) is 0. The third kappa shape index (κ3) is 2.45. The molecular weight excluding hydrogens is 154 g/mol. The van der Waals surface area contributed by atoms with Crippen molar-refractivity contribution in [3.8, 4) is 0 Å². The van der Waals surface area contributed by atoms with Crippen molar-refractivity contribution < 1.29 is 4.79 Å². The number of hydrogen-bond donors (Lipinski definition) is 3. The summed E-state index contributed by atoms with van der Waals surface area (Å²) < 4.78 is 0. The fourth-order valence-electron chi connectivity index (χ4n) is 1.17.